The minimum atomic E-state index is 0.761. The van der Waals surface area contributed by atoms with E-state index < -0.39 is 0 Å². The van der Waals surface area contributed by atoms with Gasteiger partial charge in [-0.25, -0.2) is 4.68 Å². The number of aromatic nitrogens is 2. The Morgan fingerprint density at radius 3 is 2.52 bits per heavy atom. The molecule has 2 aromatic heterocycles. The van der Waals surface area contributed by atoms with E-state index in [1.807, 2.05) is 4.68 Å². The van der Waals surface area contributed by atoms with Gasteiger partial charge in [0.25, 0.3) is 0 Å². The molecule has 1 aliphatic rings. The maximum Gasteiger partial charge on any atom is 0.209 e. The van der Waals surface area contributed by atoms with Gasteiger partial charge >= 0.3 is 0 Å². The average Bonchev–Trinajstić information content (AvgIpc) is 3.29. The van der Waals surface area contributed by atoms with Gasteiger partial charge in [-0.15, -0.1) is 5.10 Å². The van der Waals surface area contributed by atoms with Crippen LogP contribution in [0.5, 0.6) is 0 Å². The first-order chi connectivity index (χ1) is 13.2. The van der Waals surface area contributed by atoms with Crippen molar-refractivity contribution in [2.75, 3.05) is 31.5 Å². The van der Waals surface area contributed by atoms with E-state index in [0.717, 1.165) is 54.2 Å². The molecule has 0 saturated carbocycles. The highest BCUT2D eigenvalue weighted by molar-refractivity contribution is 7.73. The van der Waals surface area contributed by atoms with Crippen molar-refractivity contribution in [2.45, 2.75) is 20.1 Å². The van der Waals surface area contributed by atoms with Gasteiger partial charge in [-0.2, -0.15) is 11.3 Å². The molecule has 1 aliphatic heterocycles. The molecule has 3 aromatic rings. The molecule has 5 nitrogen and oxygen atoms in total. The molecule has 1 N–H and O–H groups in total. The predicted octanol–water partition coefficient (Wildman–Crippen LogP) is 4.56. The van der Waals surface area contributed by atoms with Crippen molar-refractivity contribution in [2.24, 2.45) is 0 Å². The Morgan fingerprint density at radius 2 is 1.81 bits per heavy atom. The molecule has 0 radical (unpaired) electrons. The summed E-state index contributed by atoms with van der Waals surface area (Å²) < 4.78 is 2.75. The highest BCUT2D eigenvalue weighted by Gasteiger charge is 2.18. The molecule has 1 saturated heterocycles. The summed E-state index contributed by atoms with van der Waals surface area (Å²) in [5.74, 6) is 0. The van der Waals surface area contributed by atoms with E-state index in [1.165, 1.54) is 22.5 Å². The van der Waals surface area contributed by atoms with Crippen LogP contribution < -0.4 is 5.32 Å². The number of thiophene rings is 1. The minimum Gasteiger partial charge on any atom is -0.330 e. The lowest BCUT2D eigenvalue weighted by atomic mass is 10.2. The zero-order valence-electron chi connectivity index (χ0n) is 15.3. The Kier molecular flexibility index (Phi) is 5.99. The van der Waals surface area contributed by atoms with Gasteiger partial charge in [0, 0.05) is 38.4 Å². The smallest absolute Gasteiger partial charge is 0.209 e. The summed E-state index contributed by atoms with van der Waals surface area (Å²) in [6.07, 6.45) is 0. The molecule has 0 unspecified atom stereocenters. The average molecular weight is 418 g/mol. The van der Waals surface area contributed by atoms with Crippen molar-refractivity contribution in [3.63, 3.8) is 0 Å². The Morgan fingerprint density at radius 1 is 1.07 bits per heavy atom. The minimum absolute atomic E-state index is 0.761. The van der Waals surface area contributed by atoms with Crippen LogP contribution in [-0.2, 0) is 13.2 Å². The van der Waals surface area contributed by atoms with Gasteiger partial charge in [-0.3, -0.25) is 9.80 Å². The number of rotatable bonds is 6. The molecule has 0 spiro atoms. The second kappa shape index (κ2) is 8.62. The molecule has 0 bridgehead atoms. The van der Waals surface area contributed by atoms with Crippen molar-refractivity contribution in [1.29, 1.82) is 0 Å². The van der Waals surface area contributed by atoms with Crippen LogP contribution in [-0.4, -0.2) is 45.8 Å². The number of piperazine rings is 1. The van der Waals surface area contributed by atoms with Gasteiger partial charge in [0.1, 0.15) is 0 Å². The van der Waals surface area contributed by atoms with Crippen LogP contribution in [0, 0.1) is 10.9 Å². The van der Waals surface area contributed by atoms with Gasteiger partial charge < -0.3 is 5.32 Å². The lowest BCUT2D eigenvalue weighted by Gasteiger charge is -2.34. The molecule has 1 aromatic carbocycles. The maximum atomic E-state index is 5.52. The number of benzene rings is 1. The monoisotopic (exact) mass is 417 g/mol. The third-order valence-electron chi connectivity index (χ3n) is 4.69. The molecular formula is C19H23N5S3. The molecule has 0 amide bonds. The number of hydrogen-bond donors (Lipinski definition) is 1. The standard InChI is InChI=1S/C19H23N5S3/c1-15-2-4-17(5-3-15)20-18-21-24(19(25)27-18)14-23-9-7-22(8-10-23)12-16-6-11-26-13-16/h2-6,11,13H,7-10,12,14H2,1H3,(H,20,21). The summed E-state index contributed by atoms with van der Waals surface area (Å²) in [4.78, 5) is 4.94. The summed E-state index contributed by atoms with van der Waals surface area (Å²) in [6.45, 7) is 8.16. The van der Waals surface area contributed by atoms with Crippen molar-refractivity contribution in [3.05, 3.63) is 56.2 Å². The van der Waals surface area contributed by atoms with Crippen molar-refractivity contribution < 1.29 is 0 Å². The van der Waals surface area contributed by atoms with Crippen LogP contribution in [0.3, 0.4) is 0 Å². The first-order valence-corrected chi connectivity index (χ1v) is 11.2. The summed E-state index contributed by atoms with van der Waals surface area (Å²) in [5, 5.41) is 13.3. The topological polar surface area (TPSA) is 36.3 Å². The zero-order chi connectivity index (χ0) is 18.6. The molecule has 8 heteroatoms. The van der Waals surface area contributed by atoms with Crippen LogP contribution in [0.1, 0.15) is 11.1 Å². The van der Waals surface area contributed by atoms with Gasteiger partial charge in [0.15, 0.2) is 3.95 Å². The van der Waals surface area contributed by atoms with Crippen molar-refractivity contribution in [3.8, 4) is 0 Å². The van der Waals surface area contributed by atoms with Crippen molar-refractivity contribution in [1.82, 2.24) is 19.6 Å². The van der Waals surface area contributed by atoms with Gasteiger partial charge in [-0.05, 0) is 53.7 Å². The number of aryl methyl sites for hydroxylation is 1. The largest absolute Gasteiger partial charge is 0.330 e. The molecule has 3 heterocycles. The van der Waals surface area contributed by atoms with Gasteiger partial charge in [-0.1, -0.05) is 29.0 Å². The normalized spacial score (nSPS) is 15.9. The number of nitrogens with zero attached hydrogens (tertiary/aromatic N) is 4. The third kappa shape index (κ3) is 5.03. The highest BCUT2D eigenvalue weighted by atomic mass is 32.1. The Labute approximate surface area is 172 Å². The van der Waals surface area contributed by atoms with Gasteiger partial charge in [0.05, 0.1) is 6.67 Å². The fourth-order valence-electron chi connectivity index (χ4n) is 3.13. The van der Waals surface area contributed by atoms with Gasteiger partial charge in [0.2, 0.25) is 5.13 Å². The summed E-state index contributed by atoms with van der Waals surface area (Å²) in [6, 6.07) is 10.5. The Balaban J connectivity index is 1.31. The molecule has 0 aliphatic carbocycles. The van der Waals surface area contributed by atoms with E-state index in [0.29, 0.717) is 0 Å². The van der Waals surface area contributed by atoms with Crippen LogP contribution in [0.4, 0.5) is 10.8 Å². The lowest BCUT2D eigenvalue weighted by molar-refractivity contribution is 0.0986. The number of nitrogens with one attached hydrogen (secondary N) is 1. The van der Waals surface area contributed by atoms with Crippen LogP contribution in [0.15, 0.2) is 41.1 Å². The predicted molar refractivity (Wildman–Crippen MR) is 117 cm³/mol. The molecule has 142 valence electrons. The number of anilines is 2. The summed E-state index contributed by atoms with van der Waals surface area (Å²) >= 11 is 8.82. The highest BCUT2D eigenvalue weighted by Crippen LogP contribution is 2.21. The summed E-state index contributed by atoms with van der Waals surface area (Å²) in [5.41, 5.74) is 3.71. The fourth-order valence-corrected chi connectivity index (χ4v) is 4.80. The van der Waals surface area contributed by atoms with E-state index in [-0.39, 0.29) is 0 Å². The van der Waals surface area contributed by atoms with Crippen molar-refractivity contribution >= 4 is 45.7 Å². The number of hydrogen-bond acceptors (Lipinski definition) is 7. The lowest BCUT2D eigenvalue weighted by Crippen LogP contribution is -2.46. The fraction of sp³-hybridized carbons (Fsp3) is 0.368. The Hall–Kier alpha value is -1.58. The SMILES string of the molecule is Cc1ccc(Nc2nn(CN3CCN(Cc4ccsc4)CC3)c(=S)s2)cc1. The molecule has 1 fully saturated rings. The molecular weight excluding hydrogens is 394 g/mol. The quantitative estimate of drug-likeness (QED) is 0.595. The molecule has 4 rings (SSSR count). The molecule has 0 atom stereocenters. The van der Waals surface area contributed by atoms with E-state index in [4.69, 9.17) is 12.2 Å². The first-order valence-electron chi connectivity index (χ1n) is 9.03. The molecule has 27 heavy (non-hydrogen) atoms. The van der Waals surface area contributed by atoms with Crippen LogP contribution in [0.25, 0.3) is 0 Å². The van der Waals surface area contributed by atoms with Crippen LogP contribution in [0.2, 0.25) is 0 Å². The zero-order valence-corrected chi connectivity index (χ0v) is 17.7. The summed E-state index contributed by atoms with van der Waals surface area (Å²) in [7, 11) is 0. The second-order valence-corrected chi connectivity index (χ2v) is 9.23. The maximum absolute atomic E-state index is 5.52. The third-order valence-corrected chi connectivity index (χ3v) is 6.65. The second-order valence-electron chi connectivity index (χ2n) is 6.83. The Bertz CT molecular complexity index is 906. The van der Waals surface area contributed by atoms with Crippen LogP contribution >= 0.6 is 34.9 Å². The van der Waals surface area contributed by atoms with E-state index in [9.17, 15) is 0 Å². The van der Waals surface area contributed by atoms with E-state index in [1.54, 1.807) is 11.3 Å². The van der Waals surface area contributed by atoms with E-state index in [2.05, 4.69) is 68.2 Å². The first kappa shape index (κ1) is 18.8. The van der Waals surface area contributed by atoms with E-state index >= 15 is 0 Å².